The molecule has 2 aliphatic rings. The minimum Gasteiger partial charge on any atom is -0.374 e. The summed E-state index contributed by atoms with van der Waals surface area (Å²) in [5, 5.41) is 1.07. The molecule has 21 heavy (non-hydrogen) atoms. The molecule has 0 bridgehead atoms. The number of hydrogen-bond donors (Lipinski definition) is 2. The summed E-state index contributed by atoms with van der Waals surface area (Å²) in [7, 11) is 0. The fraction of sp³-hybridized carbons (Fsp3) is 0.467. The van der Waals surface area contributed by atoms with Gasteiger partial charge in [0, 0.05) is 11.9 Å². The van der Waals surface area contributed by atoms with Gasteiger partial charge in [0.1, 0.15) is 5.82 Å². The van der Waals surface area contributed by atoms with Crippen molar-refractivity contribution in [3.05, 3.63) is 24.3 Å². The lowest BCUT2D eigenvalue weighted by atomic mass is 10.1. The molecule has 110 valence electrons. The number of aromatic nitrogens is 2. The molecule has 2 aromatic rings. The molecule has 2 fully saturated rings. The van der Waals surface area contributed by atoms with Crippen molar-refractivity contribution in [2.45, 2.75) is 31.4 Å². The van der Waals surface area contributed by atoms with Crippen molar-refractivity contribution in [2.24, 2.45) is 5.84 Å². The van der Waals surface area contributed by atoms with Gasteiger partial charge in [0.25, 0.3) is 0 Å². The second-order valence-corrected chi connectivity index (χ2v) is 5.63. The summed E-state index contributed by atoms with van der Waals surface area (Å²) >= 11 is 0. The van der Waals surface area contributed by atoms with Crippen LogP contribution in [0.5, 0.6) is 0 Å². The van der Waals surface area contributed by atoms with E-state index in [0.29, 0.717) is 18.1 Å². The molecule has 4 rings (SSSR count). The quantitative estimate of drug-likeness (QED) is 0.646. The van der Waals surface area contributed by atoms with E-state index in [1.165, 1.54) is 6.42 Å². The van der Waals surface area contributed by atoms with Gasteiger partial charge in [0.15, 0.2) is 0 Å². The number of nitrogens with two attached hydrogens (primary N) is 1. The fourth-order valence-corrected chi connectivity index (χ4v) is 3.53. The van der Waals surface area contributed by atoms with E-state index in [1.807, 2.05) is 18.2 Å². The minimum atomic E-state index is 0.335. The van der Waals surface area contributed by atoms with E-state index in [4.69, 9.17) is 10.6 Å². The second-order valence-electron chi connectivity index (χ2n) is 5.63. The zero-order chi connectivity index (χ0) is 14.2. The number of nitrogens with one attached hydrogen (secondary N) is 1. The third kappa shape index (κ3) is 2.11. The third-order valence-corrected chi connectivity index (χ3v) is 4.47. The monoisotopic (exact) mass is 285 g/mol. The summed E-state index contributed by atoms with van der Waals surface area (Å²) in [4.78, 5) is 11.4. The summed E-state index contributed by atoms with van der Waals surface area (Å²) in [5.74, 6) is 6.96. The van der Waals surface area contributed by atoms with Crippen molar-refractivity contribution < 1.29 is 4.74 Å². The molecule has 1 saturated heterocycles. The molecule has 0 radical (unpaired) electrons. The van der Waals surface area contributed by atoms with Gasteiger partial charge in [-0.05, 0) is 31.4 Å². The Kier molecular flexibility index (Phi) is 3.12. The number of nitrogen functional groups attached to an aromatic ring is 1. The van der Waals surface area contributed by atoms with Crippen molar-refractivity contribution in [3.63, 3.8) is 0 Å². The Balaban J connectivity index is 1.84. The van der Waals surface area contributed by atoms with Gasteiger partial charge in [0.2, 0.25) is 5.95 Å². The molecule has 0 amide bonds. The highest BCUT2D eigenvalue weighted by molar-refractivity contribution is 5.90. The van der Waals surface area contributed by atoms with Crippen LogP contribution in [0.3, 0.4) is 0 Å². The van der Waals surface area contributed by atoms with E-state index in [0.717, 1.165) is 42.7 Å². The van der Waals surface area contributed by atoms with E-state index in [9.17, 15) is 0 Å². The first-order valence-corrected chi connectivity index (χ1v) is 7.48. The van der Waals surface area contributed by atoms with E-state index in [-0.39, 0.29) is 0 Å². The summed E-state index contributed by atoms with van der Waals surface area (Å²) in [6.45, 7) is 1.62. The zero-order valence-corrected chi connectivity index (χ0v) is 11.8. The van der Waals surface area contributed by atoms with E-state index in [2.05, 4.69) is 26.4 Å². The van der Waals surface area contributed by atoms with Crippen LogP contribution in [0.15, 0.2) is 24.3 Å². The van der Waals surface area contributed by atoms with Crippen LogP contribution < -0.4 is 16.2 Å². The fourth-order valence-electron chi connectivity index (χ4n) is 3.53. The van der Waals surface area contributed by atoms with Gasteiger partial charge >= 0.3 is 0 Å². The van der Waals surface area contributed by atoms with E-state index >= 15 is 0 Å². The number of rotatable bonds is 2. The number of hydrazine groups is 1. The maximum Gasteiger partial charge on any atom is 0.239 e. The molecule has 1 aromatic heterocycles. The highest BCUT2D eigenvalue weighted by Crippen LogP contribution is 2.35. The normalized spacial score (nSPS) is 25.1. The third-order valence-electron chi connectivity index (χ3n) is 4.47. The first-order valence-electron chi connectivity index (χ1n) is 7.48. The molecule has 2 atom stereocenters. The number of benzene rings is 1. The maximum atomic E-state index is 5.90. The number of morpholine rings is 1. The van der Waals surface area contributed by atoms with Gasteiger partial charge in [-0.2, -0.15) is 4.98 Å². The average molecular weight is 285 g/mol. The SMILES string of the molecule is NNc1nc(N2CCOC3CCCC32)c2ccccc2n1. The molecule has 1 aromatic carbocycles. The predicted octanol–water partition coefficient (Wildman–Crippen LogP) is 1.67. The standard InChI is InChI=1S/C15H19N5O/c16-19-15-17-11-5-2-1-4-10(11)14(18-15)20-8-9-21-13-7-3-6-12(13)20/h1-2,4-5,12-13H,3,6-9,16H2,(H,17,18,19). The lowest BCUT2D eigenvalue weighted by Crippen LogP contribution is -2.49. The highest BCUT2D eigenvalue weighted by atomic mass is 16.5. The Morgan fingerprint density at radius 1 is 1.24 bits per heavy atom. The first kappa shape index (κ1) is 12.8. The number of ether oxygens (including phenoxy) is 1. The van der Waals surface area contributed by atoms with Gasteiger partial charge in [-0.3, -0.25) is 5.43 Å². The Hall–Kier alpha value is -1.92. The minimum absolute atomic E-state index is 0.335. The number of nitrogens with zero attached hydrogens (tertiary/aromatic N) is 3. The van der Waals surface area contributed by atoms with Crippen LogP contribution in [0, 0.1) is 0 Å². The second kappa shape index (κ2) is 5.13. The Morgan fingerprint density at radius 2 is 2.14 bits per heavy atom. The number of hydrogen-bond acceptors (Lipinski definition) is 6. The van der Waals surface area contributed by atoms with Gasteiger partial charge < -0.3 is 9.64 Å². The lowest BCUT2D eigenvalue weighted by Gasteiger charge is -2.39. The summed E-state index contributed by atoms with van der Waals surface area (Å²) in [6.07, 6.45) is 3.86. The molecule has 6 heteroatoms. The Labute approximate surface area is 123 Å². The molecule has 1 aliphatic carbocycles. The summed E-state index contributed by atoms with van der Waals surface area (Å²) in [6, 6.07) is 8.50. The topological polar surface area (TPSA) is 76.3 Å². The van der Waals surface area contributed by atoms with E-state index < -0.39 is 0 Å². The van der Waals surface area contributed by atoms with Crippen LogP contribution in [-0.4, -0.2) is 35.3 Å². The highest BCUT2D eigenvalue weighted by Gasteiger charge is 2.37. The molecule has 0 spiro atoms. The Morgan fingerprint density at radius 3 is 3.05 bits per heavy atom. The van der Waals surface area contributed by atoms with Gasteiger partial charge in [-0.15, -0.1) is 0 Å². The maximum absolute atomic E-state index is 5.90. The molecular weight excluding hydrogens is 266 g/mol. The van der Waals surface area contributed by atoms with Crippen LogP contribution in [0.2, 0.25) is 0 Å². The predicted molar refractivity (Wildman–Crippen MR) is 82.1 cm³/mol. The summed E-state index contributed by atoms with van der Waals surface area (Å²) in [5.41, 5.74) is 3.49. The largest absolute Gasteiger partial charge is 0.374 e. The zero-order valence-electron chi connectivity index (χ0n) is 11.8. The van der Waals surface area contributed by atoms with Crippen LogP contribution in [0.4, 0.5) is 11.8 Å². The average Bonchev–Trinajstić information content (AvgIpc) is 3.02. The van der Waals surface area contributed by atoms with Gasteiger partial charge in [-0.1, -0.05) is 12.1 Å². The van der Waals surface area contributed by atoms with Crippen molar-refractivity contribution >= 4 is 22.7 Å². The lowest BCUT2D eigenvalue weighted by molar-refractivity contribution is 0.0254. The van der Waals surface area contributed by atoms with Gasteiger partial charge in [0.05, 0.1) is 24.3 Å². The number of fused-ring (bicyclic) bond motifs is 2. The molecule has 2 unspecified atom stereocenters. The van der Waals surface area contributed by atoms with Crippen molar-refractivity contribution in [2.75, 3.05) is 23.5 Å². The van der Waals surface area contributed by atoms with Crippen LogP contribution in [-0.2, 0) is 4.74 Å². The summed E-state index contributed by atoms with van der Waals surface area (Å²) < 4.78 is 5.90. The van der Waals surface area contributed by atoms with Gasteiger partial charge in [-0.25, -0.2) is 10.8 Å². The Bertz CT molecular complexity index is 662. The molecule has 3 N–H and O–H groups in total. The smallest absolute Gasteiger partial charge is 0.239 e. The molecule has 1 aliphatic heterocycles. The molecule has 6 nitrogen and oxygen atoms in total. The van der Waals surface area contributed by atoms with Crippen LogP contribution in [0.1, 0.15) is 19.3 Å². The van der Waals surface area contributed by atoms with Crippen molar-refractivity contribution in [1.82, 2.24) is 9.97 Å². The van der Waals surface area contributed by atoms with Crippen LogP contribution in [0.25, 0.3) is 10.9 Å². The molecule has 2 heterocycles. The van der Waals surface area contributed by atoms with Crippen molar-refractivity contribution in [3.8, 4) is 0 Å². The van der Waals surface area contributed by atoms with Crippen LogP contribution >= 0.6 is 0 Å². The number of anilines is 2. The first-order chi connectivity index (χ1) is 10.4. The van der Waals surface area contributed by atoms with Crippen molar-refractivity contribution in [1.29, 1.82) is 0 Å². The van der Waals surface area contributed by atoms with E-state index in [1.54, 1.807) is 0 Å². The molecule has 1 saturated carbocycles. The number of para-hydroxylation sites is 1. The molecular formula is C15H19N5O.